The van der Waals surface area contributed by atoms with Crippen molar-refractivity contribution in [2.45, 2.75) is 19.3 Å². The minimum atomic E-state index is -0.885. The van der Waals surface area contributed by atoms with Crippen molar-refractivity contribution in [3.05, 3.63) is 11.6 Å². The second-order valence-electron chi connectivity index (χ2n) is 2.35. The molecule has 54 valence electrons. The zero-order valence-corrected chi connectivity index (χ0v) is 5.55. The Bertz CT molecular complexity index is 206. The van der Waals surface area contributed by atoms with E-state index in [1.54, 1.807) is 0 Å². The summed E-state index contributed by atoms with van der Waals surface area (Å²) >= 11 is 0. The molecule has 2 N–H and O–H groups in total. The highest BCUT2D eigenvalue weighted by atomic mass is 16.4. The Hall–Kier alpha value is -1.12. The standard InChI is InChI=1S/C7H9NO2/c8-6-3-1-2-5(4-6)7(9)10/h4,8H,1-3H2,(H,9,10). The van der Waals surface area contributed by atoms with Crippen LogP contribution >= 0.6 is 0 Å². The molecule has 0 atom stereocenters. The fourth-order valence-electron chi connectivity index (χ4n) is 0.993. The Morgan fingerprint density at radius 1 is 1.60 bits per heavy atom. The first-order valence-electron chi connectivity index (χ1n) is 3.21. The lowest BCUT2D eigenvalue weighted by molar-refractivity contribution is -0.132. The number of hydrogen-bond acceptors (Lipinski definition) is 2. The van der Waals surface area contributed by atoms with Crippen LogP contribution < -0.4 is 0 Å². The van der Waals surface area contributed by atoms with Gasteiger partial charge in [-0.3, -0.25) is 0 Å². The van der Waals surface area contributed by atoms with Crippen LogP contribution in [0.4, 0.5) is 0 Å². The van der Waals surface area contributed by atoms with Gasteiger partial charge in [0, 0.05) is 11.3 Å². The third kappa shape index (κ3) is 1.43. The van der Waals surface area contributed by atoms with Gasteiger partial charge in [0.1, 0.15) is 0 Å². The molecule has 0 heterocycles. The molecule has 0 saturated carbocycles. The molecule has 0 saturated heterocycles. The number of carboxylic acids is 1. The molecule has 0 aliphatic heterocycles. The number of rotatable bonds is 1. The average molecular weight is 139 g/mol. The summed E-state index contributed by atoms with van der Waals surface area (Å²) in [6, 6.07) is 0. The predicted molar refractivity (Wildman–Crippen MR) is 37.3 cm³/mol. The van der Waals surface area contributed by atoms with Gasteiger partial charge in [-0.15, -0.1) is 0 Å². The van der Waals surface area contributed by atoms with Crippen molar-refractivity contribution < 1.29 is 9.90 Å². The third-order valence-corrected chi connectivity index (χ3v) is 1.52. The zero-order chi connectivity index (χ0) is 7.56. The monoisotopic (exact) mass is 139 g/mol. The van der Waals surface area contributed by atoms with Crippen LogP contribution in [0.15, 0.2) is 11.6 Å². The van der Waals surface area contributed by atoms with E-state index in [9.17, 15) is 4.79 Å². The van der Waals surface area contributed by atoms with Gasteiger partial charge in [-0.2, -0.15) is 0 Å². The van der Waals surface area contributed by atoms with Gasteiger partial charge < -0.3 is 10.5 Å². The van der Waals surface area contributed by atoms with Crippen molar-refractivity contribution in [2.24, 2.45) is 0 Å². The number of nitrogens with one attached hydrogen (secondary N) is 1. The van der Waals surface area contributed by atoms with E-state index in [2.05, 4.69) is 0 Å². The second kappa shape index (κ2) is 2.64. The first kappa shape index (κ1) is 6.99. The van der Waals surface area contributed by atoms with Crippen molar-refractivity contribution in [1.29, 1.82) is 5.41 Å². The Balaban J connectivity index is 2.75. The fourth-order valence-corrected chi connectivity index (χ4v) is 0.993. The van der Waals surface area contributed by atoms with Gasteiger partial charge in [0.05, 0.1) is 0 Å². The first-order valence-corrected chi connectivity index (χ1v) is 3.21. The van der Waals surface area contributed by atoms with Crippen molar-refractivity contribution >= 4 is 11.7 Å². The predicted octanol–water partition coefficient (Wildman–Crippen LogP) is 1.20. The lowest BCUT2D eigenvalue weighted by Gasteiger charge is -2.08. The molecule has 0 aromatic heterocycles. The summed E-state index contributed by atoms with van der Waals surface area (Å²) in [5, 5.41) is 15.7. The Morgan fingerprint density at radius 2 is 2.30 bits per heavy atom. The maximum Gasteiger partial charge on any atom is 0.331 e. The molecule has 0 fully saturated rings. The lowest BCUT2D eigenvalue weighted by atomic mass is 9.98. The topological polar surface area (TPSA) is 61.2 Å². The van der Waals surface area contributed by atoms with Crippen LogP contribution in [0.25, 0.3) is 0 Å². The molecule has 1 rings (SSSR count). The molecule has 3 nitrogen and oxygen atoms in total. The Labute approximate surface area is 58.9 Å². The number of carboxylic acid groups (broad SMARTS) is 1. The normalized spacial score (nSPS) is 18.4. The van der Waals surface area contributed by atoms with E-state index < -0.39 is 5.97 Å². The molecule has 0 amide bonds. The van der Waals surface area contributed by atoms with Crippen molar-refractivity contribution in [1.82, 2.24) is 0 Å². The molecule has 0 spiro atoms. The van der Waals surface area contributed by atoms with Gasteiger partial charge in [-0.25, -0.2) is 4.79 Å². The summed E-state index contributed by atoms with van der Waals surface area (Å²) < 4.78 is 0. The van der Waals surface area contributed by atoms with Crippen LogP contribution in [0.1, 0.15) is 19.3 Å². The molecule has 3 heteroatoms. The third-order valence-electron chi connectivity index (χ3n) is 1.52. The SMILES string of the molecule is N=C1C=C(C(=O)O)CCC1. The summed E-state index contributed by atoms with van der Waals surface area (Å²) in [4.78, 5) is 10.3. The molecule has 1 aliphatic carbocycles. The summed E-state index contributed by atoms with van der Waals surface area (Å²) in [5.74, 6) is -0.885. The van der Waals surface area contributed by atoms with E-state index in [1.807, 2.05) is 0 Å². The van der Waals surface area contributed by atoms with E-state index in [4.69, 9.17) is 10.5 Å². The quantitative estimate of drug-likeness (QED) is 0.573. The summed E-state index contributed by atoms with van der Waals surface area (Å²) in [6.07, 6.45) is 3.58. The highest BCUT2D eigenvalue weighted by Gasteiger charge is 2.12. The molecule has 0 radical (unpaired) electrons. The van der Waals surface area contributed by atoms with Crippen molar-refractivity contribution in [3.8, 4) is 0 Å². The lowest BCUT2D eigenvalue weighted by Crippen LogP contribution is -2.08. The highest BCUT2D eigenvalue weighted by Crippen LogP contribution is 2.14. The van der Waals surface area contributed by atoms with E-state index in [1.165, 1.54) is 6.08 Å². The van der Waals surface area contributed by atoms with Gasteiger partial charge in [0.15, 0.2) is 0 Å². The van der Waals surface area contributed by atoms with Gasteiger partial charge in [0.25, 0.3) is 0 Å². The highest BCUT2D eigenvalue weighted by molar-refractivity contribution is 6.01. The maximum atomic E-state index is 10.3. The van der Waals surface area contributed by atoms with Crippen molar-refractivity contribution in [3.63, 3.8) is 0 Å². The largest absolute Gasteiger partial charge is 0.478 e. The number of hydrogen-bond donors (Lipinski definition) is 2. The second-order valence-corrected chi connectivity index (χ2v) is 2.35. The van der Waals surface area contributed by atoms with Gasteiger partial charge in [0.2, 0.25) is 0 Å². The molecular weight excluding hydrogens is 130 g/mol. The molecule has 0 aromatic carbocycles. The van der Waals surface area contributed by atoms with Crippen LogP contribution in [0.5, 0.6) is 0 Å². The summed E-state index contributed by atoms with van der Waals surface area (Å²) in [5.41, 5.74) is 0.805. The van der Waals surface area contributed by atoms with Crippen LogP contribution in [-0.2, 0) is 4.79 Å². The molecule has 0 aromatic rings. The minimum absolute atomic E-state index is 0.372. The van der Waals surface area contributed by atoms with Crippen molar-refractivity contribution in [2.75, 3.05) is 0 Å². The fraction of sp³-hybridized carbons (Fsp3) is 0.429. The van der Waals surface area contributed by atoms with E-state index in [0.29, 0.717) is 17.7 Å². The van der Waals surface area contributed by atoms with Crippen LogP contribution in [0.3, 0.4) is 0 Å². The molecule has 1 aliphatic rings. The molecule has 0 unspecified atom stereocenters. The zero-order valence-electron chi connectivity index (χ0n) is 5.55. The maximum absolute atomic E-state index is 10.3. The molecule has 0 bridgehead atoms. The Morgan fingerprint density at radius 3 is 2.70 bits per heavy atom. The summed E-state index contributed by atoms with van der Waals surface area (Å²) in [6.45, 7) is 0. The van der Waals surface area contributed by atoms with Gasteiger partial charge in [-0.05, 0) is 25.3 Å². The number of aliphatic carboxylic acids is 1. The van der Waals surface area contributed by atoms with E-state index >= 15 is 0 Å². The smallest absolute Gasteiger partial charge is 0.331 e. The van der Waals surface area contributed by atoms with E-state index in [0.717, 1.165) is 12.8 Å². The van der Waals surface area contributed by atoms with Crippen LogP contribution in [-0.4, -0.2) is 16.8 Å². The minimum Gasteiger partial charge on any atom is -0.478 e. The molecule has 10 heavy (non-hydrogen) atoms. The van der Waals surface area contributed by atoms with Crippen LogP contribution in [0, 0.1) is 5.41 Å². The number of carbonyl (C=O) groups is 1. The average Bonchev–Trinajstić information content (AvgIpc) is 1.88. The molecular formula is C7H9NO2. The number of allylic oxidation sites excluding steroid dienone is 1. The van der Waals surface area contributed by atoms with E-state index in [-0.39, 0.29) is 0 Å². The summed E-state index contributed by atoms with van der Waals surface area (Å²) in [7, 11) is 0. The van der Waals surface area contributed by atoms with Crippen LogP contribution in [0.2, 0.25) is 0 Å². The Kier molecular flexibility index (Phi) is 1.85. The first-order chi connectivity index (χ1) is 4.70. The van der Waals surface area contributed by atoms with Gasteiger partial charge >= 0.3 is 5.97 Å². The van der Waals surface area contributed by atoms with Gasteiger partial charge in [-0.1, -0.05) is 0 Å².